The first kappa shape index (κ1) is 27.3. The average molecular weight is 637 g/mol. The van der Waals surface area contributed by atoms with Crippen molar-refractivity contribution in [3.05, 3.63) is 170 Å². The highest BCUT2D eigenvalue weighted by molar-refractivity contribution is 6.28. The van der Waals surface area contributed by atoms with Gasteiger partial charge in [0, 0.05) is 27.1 Å². The van der Waals surface area contributed by atoms with Gasteiger partial charge in [0.2, 0.25) is 0 Å². The predicted molar refractivity (Wildman–Crippen MR) is 210 cm³/mol. The van der Waals surface area contributed by atoms with Gasteiger partial charge in [-0.3, -0.25) is 0 Å². The number of rotatable bonds is 3. The van der Waals surface area contributed by atoms with Crippen molar-refractivity contribution in [3.63, 3.8) is 0 Å². The van der Waals surface area contributed by atoms with E-state index in [1.54, 1.807) is 0 Å². The molecule has 0 radical (unpaired) electrons. The number of fused-ring (bicyclic) bond motifs is 10. The van der Waals surface area contributed by atoms with Gasteiger partial charge < -0.3 is 8.83 Å². The molecule has 0 saturated carbocycles. The highest BCUT2D eigenvalue weighted by atomic mass is 16.3. The van der Waals surface area contributed by atoms with Crippen LogP contribution in [-0.2, 0) is 0 Å². The molecule has 0 atom stereocenters. The van der Waals surface area contributed by atoms with Crippen molar-refractivity contribution in [2.24, 2.45) is 0 Å². The molecule has 11 rings (SSSR count). The molecule has 2 heteroatoms. The number of hydrogen-bond acceptors (Lipinski definition) is 2. The van der Waals surface area contributed by atoms with Gasteiger partial charge in [0.25, 0.3) is 0 Å². The van der Waals surface area contributed by atoms with Crippen molar-refractivity contribution in [1.29, 1.82) is 0 Å². The Morgan fingerprint density at radius 1 is 0.300 bits per heavy atom. The van der Waals surface area contributed by atoms with Crippen molar-refractivity contribution in [3.8, 4) is 33.4 Å². The SMILES string of the molecule is c1cc(-c2c3ccccc3c(-c3ccc4oc5ccccc5c4c3)c3c2ccc2ccccc23)cc(-c2cccc3c2oc2ccccc23)c1. The van der Waals surface area contributed by atoms with E-state index in [2.05, 4.69) is 146 Å². The first-order valence-electron chi connectivity index (χ1n) is 17.1. The minimum absolute atomic E-state index is 0.904. The summed E-state index contributed by atoms with van der Waals surface area (Å²) in [6.07, 6.45) is 0. The molecule has 232 valence electrons. The first-order valence-corrected chi connectivity index (χ1v) is 17.1. The fourth-order valence-electron chi connectivity index (χ4n) is 8.26. The van der Waals surface area contributed by atoms with Gasteiger partial charge in [0.05, 0.1) is 0 Å². The maximum atomic E-state index is 6.48. The van der Waals surface area contributed by atoms with Crippen molar-refractivity contribution in [1.82, 2.24) is 0 Å². The number of benzene rings is 9. The summed E-state index contributed by atoms with van der Waals surface area (Å²) in [6.45, 7) is 0. The summed E-state index contributed by atoms with van der Waals surface area (Å²) in [5.74, 6) is 0. The van der Waals surface area contributed by atoms with Crippen LogP contribution in [0.1, 0.15) is 0 Å². The Hall–Kier alpha value is -6.64. The van der Waals surface area contributed by atoms with Crippen molar-refractivity contribution in [2.45, 2.75) is 0 Å². The third kappa shape index (κ3) is 3.90. The van der Waals surface area contributed by atoms with Gasteiger partial charge in [-0.15, -0.1) is 0 Å². The van der Waals surface area contributed by atoms with Crippen LogP contribution in [0.25, 0.3) is 110 Å². The van der Waals surface area contributed by atoms with Gasteiger partial charge in [0.15, 0.2) is 0 Å². The van der Waals surface area contributed by atoms with E-state index in [-0.39, 0.29) is 0 Å². The average Bonchev–Trinajstić information content (AvgIpc) is 3.75. The molecule has 11 aromatic rings. The van der Waals surface area contributed by atoms with Crippen LogP contribution < -0.4 is 0 Å². The monoisotopic (exact) mass is 636 g/mol. The summed E-state index contributed by atoms with van der Waals surface area (Å²) in [5.41, 5.74) is 10.7. The lowest BCUT2D eigenvalue weighted by molar-refractivity contribution is 0.669. The molecule has 2 aromatic heterocycles. The molecular weight excluding hydrogens is 609 g/mol. The van der Waals surface area contributed by atoms with E-state index in [1.807, 2.05) is 24.3 Å². The van der Waals surface area contributed by atoms with Gasteiger partial charge in [0.1, 0.15) is 22.3 Å². The van der Waals surface area contributed by atoms with E-state index in [1.165, 1.54) is 54.6 Å². The fraction of sp³-hybridized carbons (Fsp3) is 0. The standard InChI is InChI=1S/C48H28O2/c1-2-14-33-29(11-1)23-25-40-45(31-13-9-12-30(27-31)34-19-10-20-39-35-15-5-8-22-43(35)50-48(34)39)37-17-3-4-18-38(37)46(47(33)40)32-24-26-44-41(28-32)36-16-6-7-21-42(36)49-44/h1-28H. The largest absolute Gasteiger partial charge is 0.456 e. The molecule has 0 bridgehead atoms. The Morgan fingerprint density at radius 3 is 1.74 bits per heavy atom. The lowest BCUT2D eigenvalue weighted by atomic mass is 9.83. The van der Waals surface area contributed by atoms with E-state index in [0.717, 1.165) is 55.0 Å². The third-order valence-electron chi connectivity index (χ3n) is 10.4. The summed E-state index contributed by atoms with van der Waals surface area (Å²) in [6, 6.07) is 61.0. The van der Waals surface area contributed by atoms with Gasteiger partial charge in [-0.2, -0.15) is 0 Å². The quantitative estimate of drug-likeness (QED) is 0.142. The fourth-order valence-corrected chi connectivity index (χ4v) is 8.26. The van der Waals surface area contributed by atoms with Crippen LogP contribution >= 0.6 is 0 Å². The molecule has 0 saturated heterocycles. The normalized spacial score (nSPS) is 12.0. The molecule has 0 unspecified atom stereocenters. The smallest absolute Gasteiger partial charge is 0.143 e. The maximum Gasteiger partial charge on any atom is 0.143 e. The van der Waals surface area contributed by atoms with E-state index in [9.17, 15) is 0 Å². The molecule has 0 spiro atoms. The number of para-hydroxylation sites is 3. The molecule has 0 N–H and O–H groups in total. The van der Waals surface area contributed by atoms with E-state index in [4.69, 9.17) is 8.83 Å². The second kappa shape index (κ2) is 10.4. The Morgan fingerprint density at radius 2 is 0.900 bits per heavy atom. The van der Waals surface area contributed by atoms with E-state index >= 15 is 0 Å². The van der Waals surface area contributed by atoms with Gasteiger partial charge in [-0.05, 0) is 90.5 Å². The third-order valence-corrected chi connectivity index (χ3v) is 10.4. The number of hydrogen-bond donors (Lipinski definition) is 0. The zero-order chi connectivity index (χ0) is 32.8. The van der Waals surface area contributed by atoms with Crippen molar-refractivity contribution in [2.75, 3.05) is 0 Å². The molecule has 0 aliphatic heterocycles. The van der Waals surface area contributed by atoms with Gasteiger partial charge in [-0.25, -0.2) is 0 Å². The topological polar surface area (TPSA) is 26.3 Å². The van der Waals surface area contributed by atoms with Crippen LogP contribution in [0.15, 0.2) is 179 Å². The summed E-state index contributed by atoms with van der Waals surface area (Å²) in [5, 5.41) is 11.9. The molecule has 9 aromatic carbocycles. The van der Waals surface area contributed by atoms with Crippen LogP contribution in [-0.4, -0.2) is 0 Å². The molecule has 0 fully saturated rings. The van der Waals surface area contributed by atoms with E-state index in [0.29, 0.717) is 0 Å². The highest BCUT2D eigenvalue weighted by Gasteiger charge is 2.20. The molecule has 0 aliphatic carbocycles. The van der Waals surface area contributed by atoms with Crippen molar-refractivity contribution >= 4 is 76.2 Å². The Balaban J connectivity index is 1.23. The highest BCUT2D eigenvalue weighted by Crippen LogP contribution is 2.48. The second-order valence-electron chi connectivity index (χ2n) is 13.2. The minimum Gasteiger partial charge on any atom is -0.456 e. The Labute approximate surface area is 287 Å². The lowest BCUT2D eigenvalue weighted by Gasteiger charge is -2.20. The van der Waals surface area contributed by atoms with E-state index < -0.39 is 0 Å². The lowest BCUT2D eigenvalue weighted by Crippen LogP contribution is -1.92. The summed E-state index contributed by atoms with van der Waals surface area (Å²) >= 11 is 0. The molecule has 0 aliphatic rings. The zero-order valence-electron chi connectivity index (χ0n) is 27.0. The second-order valence-corrected chi connectivity index (χ2v) is 13.2. The Kier molecular flexibility index (Phi) is 5.70. The minimum atomic E-state index is 0.904. The van der Waals surface area contributed by atoms with Crippen LogP contribution in [0.3, 0.4) is 0 Å². The van der Waals surface area contributed by atoms with Crippen LogP contribution in [0.5, 0.6) is 0 Å². The molecule has 50 heavy (non-hydrogen) atoms. The summed E-state index contributed by atoms with van der Waals surface area (Å²) < 4.78 is 12.7. The molecule has 0 amide bonds. The molecule has 2 heterocycles. The zero-order valence-corrected chi connectivity index (χ0v) is 27.0. The van der Waals surface area contributed by atoms with Crippen LogP contribution in [0.4, 0.5) is 0 Å². The van der Waals surface area contributed by atoms with Crippen molar-refractivity contribution < 1.29 is 8.83 Å². The predicted octanol–water partition coefficient (Wildman–Crippen LogP) is 13.9. The number of furan rings is 2. The summed E-state index contributed by atoms with van der Waals surface area (Å²) in [7, 11) is 0. The molecule has 2 nitrogen and oxygen atoms in total. The summed E-state index contributed by atoms with van der Waals surface area (Å²) in [4.78, 5) is 0. The Bertz CT molecular complexity index is 3160. The van der Waals surface area contributed by atoms with Crippen LogP contribution in [0.2, 0.25) is 0 Å². The van der Waals surface area contributed by atoms with Gasteiger partial charge in [-0.1, -0.05) is 140 Å². The molecular formula is C48H28O2. The maximum absolute atomic E-state index is 6.48. The van der Waals surface area contributed by atoms with Gasteiger partial charge >= 0.3 is 0 Å². The van der Waals surface area contributed by atoms with Crippen LogP contribution in [0, 0.1) is 0 Å². The first-order chi connectivity index (χ1) is 24.8.